The average molecular weight is 754 g/mol. The molecule has 0 aliphatic heterocycles. The van der Waals surface area contributed by atoms with Crippen molar-refractivity contribution in [2.75, 3.05) is 0 Å². The molecule has 0 unspecified atom stereocenters. The van der Waals surface area contributed by atoms with E-state index in [-0.39, 0.29) is 28.2 Å². The Balaban J connectivity index is 0.000000331. The number of carbonyl (C=O) groups excluding carboxylic acids is 2. The van der Waals surface area contributed by atoms with E-state index in [0.29, 0.717) is 11.1 Å². The summed E-state index contributed by atoms with van der Waals surface area (Å²) in [6, 6.07) is 38.2. The number of aryl methyl sites for hydroxylation is 4. The second-order valence-corrected chi connectivity index (χ2v) is 11.1. The number of aromatic carboxylic acids is 4. The molecular weight excluding hydrogens is 715 g/mol. The summed E-state index contributed by atoms with van der Waals surface area (Å²) in [5, 5.41) is 37.4. The summed E-state index contributed by atoms with van der Waals surface area (Å²) in [6.45, 7) is 7.65. The number of rotatable bonds is 5. The molecule has 0 aliphatic rings. The van der Waals surface area contributed by atoms with Crippen LogP contribution < -0.4 is 10.2 Å². The van der Waals surface area contributed by atoms with E-state index in [9.17, 15) is 29.4 Å². The van der Waals surface area contributed by atoms with Gasteiger partial charge in [0.1, 0.15) is 0 Å². The van der Waals surface area contributed by atoms with Gasteiger partial charge >= 0.3 is 29.0 Å². The Kier molecular flexibility index (Phi) is 20.1. The van der Waals surface area contributed by atoms with Gasteiger partial charge in [0, 0.05) is 12.4 Å². The number of carboxylic acids is 4. The Hall–Kier alpha value is -6.42. The first-order valence-corrected chi connectivity index (χ1v) is 15.7. The first kappa shape index (κ1) is 44.6. The van der Waals surface area contributed by atoms with Gasteiger partial charge in [-0.25, -0.2) is 9.59 Å². The summed E-state index contributed by atoms with van der Waals surface area (Å²) in [5.41, 5.74) is 7.20. The average Bonchev–Trinajstić information content (AvgIpc) is 3.14. The summed E-state index contributed by atoms with van der Waals surface area (Å²) in [6.07, 6.45) is 3.54. The van der Waals surface area contributed by atoms with Crippen LogP contribution in [0.5, 0.6) is 0 Å². The standard InChI is InChI=1S/C10H8N2.4C8H8O2.Mn/c1-3-7-11-9(5-1)10-6-2-4-8-12-10;4*1-6-2-4-7(5-3-6)8(9)10;/h1-8H;4*2-5H,1H3,(H,9,10);/q;;;;;+2/p-2. The Labute approximate surface area is 319 Å². The molecule has 53 heavy (non-hydrogen) atoms. The monoisotopic (exact) mass is 753 g/mol. The van der Waals surface area contributed by atoms with Crippen molar-refractivity contribution in [2.24, 2.45) is 0 Å². The molecule has 10 nitrogen and oxygen atoms in total. The molecule has 0 spiro atoms. The Morgan fingerprint density at radius 3 is 0.849 bits per heavy atom. The summed E-state index contributed by atoms with van der Waals surface area (Å²) in [7, 11) is 0. The maximum Gasteiger partial charge on any atom is 2.00 e. The van der Waals surface area contributed by atoms with E-state index in [2.05, 4.69) is 9.97 Å². The van der Waals surface area contributed by atoms with Crippen LogP contribution in [-0.4, -0.2) is 44.1 Å². The predicted octanol–water partition coefficient (Wildman–Crippen LogP) is 6.24. The van der Waals surface area contributed by atoms with Crippen molar-refractivity contribution in [3.05, 3.63) is 190 Å². The van der Waals surface area contributed by atoms with E-state index < -0.39 is 23.9 Å². The molecule has 271 valence electrons. The summed E-state index contributed by atoms with van der Waals surface area (Å²) >= 11 is 0. The molecule has 6 rings (SSSR count). The van der Waals surface area contributed by atoms with Gasteiger partial charge in [0.2, 0.25) is 0 Å². The van der Waals surface area contributed by atoms with Gasteiger partial charge in [0.15, 0.2) is 0 Å². The van der Waals surface area contributed by atoms with Gasteiger partial charge in [-0.3, -0.25) is 9.97 Å². The maximum absolute atomic E-state index is 10.3. The van der Waals surface area contributed by atoms with E-state index in [1.54, 1.807) is 85.2 Å². The van der Waals surface area contributed by atoms with Gasteiger partial charge in [-0.1, -0.05) is 107 Å². The third kappa shape index (κ3) is 17.9. The zero-order chi connectivity index (χ0) is 38.5. The molecule has 0 aliphatic carbocycles. The maximum atomic E-state index is 10.3. The van der Waals surface area contributed by atoms with Crippen molar-refractivity contribution in [1.82, 2.24) is 9.97 Å². The third-order valence-electron chi connectivity index (χ3n) is 6.76. The smallest absolute Gasteiger partial charge is 0.545 e. The molecule has 1 radical (unpaired) electrons. The molecule has 2 heterocycles. The second kappa shape index (κ2) is 23.9. The number of carbonyl (C=O) groups is 4. The molecule has 11 heteroatoms. The molecule has 6 aromatic rings. The fourth-order valence-electron chi connectivity index (χ4n) is 3.80. The van der Waals surface area contributed by atoms with Crippen LogP contribution in [0.25, 0.3) is 11.4 Å². The molecular formula is C42H38MnN2O8. The Bertz CT molecular complexity index is 1730. The van der Waals surface area contributed by atoms with Gasteiger partial charge in [-0.15, -0.1) is 0 Å². The van der Waals surface area contributed by atoms with Crippen molar-refractivity contribution in [3.8, 4) is 11.4 Å². The molecule has 0 saturated carbocycles. The van der Waals surface area contributed by atoms with Crippen molar-refractivity contribution >= 4 is 23.9 Å². The number of pyridine rings is 2. The minimum atomic E-state index is -1.12. The van der Waals surface area contributed by atoms with Crippen molar-refractivity contribution in [1.29, 1.82) is 0 Å². The minimum absolute atomic E-state index is 0. The summed E-state index contributed by atoms with van der Waals surface area (Å²) in [5.74, 6) is -4.00. The quantitative estimate of drug-likeness (QED) is 0.191. The van der Waals surface area contributed by atoms with E-state index in [4.69, 9.17) is 10.2 Å². The van der Waals surface area contributed by atoms with Crippen molar-refractivity contribution < 1.29 is 56.7 Å². The molecule has 0 fully saturated rings. The molecule has 0 atom stereocenters. The van der Waals surface area contributed by atoms with Crippen LogP contribution in [0.15, 0.2) is 146 Å². The summed E-state index contributed by atoms with van der Waals surface area (Å²) < 4.78 is 0. The van der Waals surface area contributed by atoms with Crippen LogP contribution in [0.3, 0.4) is 0 Å². The molecule has 2 aromatic heterocycles. The Morgan fingerprint density at radius 2 is 0.660 bits per heavy atom. The van der Waals surface area contributed by atoms with Gasteiger partial charge < -0.3 is 30.0 Å². The van der Waals surface area contributed by atoms with E-state index >= 15 is 0 Å². The van der Waals surface area contributed by atoms with Crippen LogP contribution in [0.4, 0.5) is 0 Å². The van der Waals surface area contributed by atoms with Crippen LogP contribution in [-0.2, 0) is 17.1 Å². The van der Waals surface area contributed by atoms with Crippen LogP contribution in [0, 0.1) is 27.7 Å². The molecule has 0 saturated heterocycles. The fraction of sp³-hybridized carbons (Fsp3) is 0.0952. The molecule has 0 bridgehead atoms. The van der Waals surface area contributed by atoms with E-state index in [1.165, 1.54) is 24.3 Å². The third-order valence-corrected chi connectivity index (χ3v) is 6.76. The molecule has 2 N–H and O–H groups in total. The van der Waals surface area contributed by atoms with E-state index in [0.717, 1.165) is 33.6 Å². The van der Waals surface area contributed by atoms with Gasteiger partial charge in [0.25, 0.3) is 0 Å². The number of hydrogen-bond donors (Lipinski definition) is 2. The van der Waals surface area contributed by atoms with E-state index in [1.807, 2.05) is 64.1 Å². The first-order valence-electron chi connectivity index (χ1n) is 15.7. The first-order chi connectivity index (χ1) is 24.8. The van der Waals surface area contributed by atoms with Gasteiger partial charge in [0.05, 0.1) is 34.5 Å². The fourth-order valence-corrected chi connectivity index (χ4v) is 3.80. The number of carboxylic acid groups (broad SMARTS) is 4. The van der Waals surface area contributed by atoms with Crippen LogP contribution in [0.2, 0.25) is 0 Å². The normalized spacial score (nSPS) is 9.21. The number of aromatic nitrogens is 2. The van der Waals surface area contributed by atoms with Crippen molar-refractivity contribution in [3.63, 3.8) is 0 Å². The van der Waals surface area contributed by atoms with Gasteiger partial charge in [-0.2, -0.15) is 0 Å². The minimum Gasteiger partial charge on any atom is -0.545 e. The number of benzene rings is 4. The van der Waals surface area contributed by atoms with Gasteiger partial charge in [-0.05, 0) is 87.4 Å². The zero-order valence-electron chi connectivity index (χ0n) is 29.5. The number of hydrogen-bond acceptors (Lipinski definition) is 8. The molecule has 0 amide bonds. The predicted molar refractivity (Wildman–Crippen MR) is 195 cm³/mol. The summed E-state index contributed by atoms with van der Waals surface area (Å²) in [4.78, 5) is 49.4. The zero-order valence-corrected chi connectivity index (χ0v) is 30.7. The largest absolute Gasteiger partial charge is 2.00 e. The second-order valence-electron chi connectivity index (χ2n) is 11.1. The number of nitrogens with zero attached hydrogens (tertiary/aromatic N) is 2. The van der Waals surface area contributed by atoms with Crippen LogP contribution >= 0.6 is 0 Å². The van der Waals surface area contributed by atoms with Crippen LogP contribution in [0.1, 0.15) is 63.7 Å². The molecule has 4 aromatic carbocycles. The van der Waals surface area contributed by atoms with Crippen molar-refractivity contribution in [2.45, 2.75) is 27.7 Å². The topological polar surface area (TPSA) is 181 Å². The SMILES string of the molecule is Cc1ccc(C(=O)O)cc1.Cc1ccc(C(=O)O)cc1.Cc1ccc(C(=O)[O-])cc1.Cc1ccc(C(=O)[O-])cc1.[Mn+2].c1ccc(-c2ccccn2)nc1. The Morgan fingerprint density at radius 1 is 0.415 bits per heavy atom.